The quantitative estimate of drug-likeness (QED) is 0.466. The van der Waals surface area contributed by atoms with Gasteiger partial charge in [0.05, 0.1) is 17.9 Å². The summed E-state index contributed by atoms with van der Waals surface area (Å²) in [6, 6.07) is 11.5. The first-order valence-corrected chi connectivity index (χ1v) is 12.5. The van der Waals surface area contributed by atoms with Gasteiger partial charge in [-0.25, -0.2) is 13.6 Å². The zero-order valence-electron chi connectivity index (χ0n) is 18.2. The van der Waals surface area contributed by atoms with Crippen molar-refractivity contribution in [1.82, 2.24) is 4.90 Å². The molecule has 0 aromatic heterocycles. The van der Waals surface area contributed by atoms with Crippen molar-refractivity contribution < 1.29 is 13.2 Å². The van der Waals surface area contributed by atoms with Gasteiger partial charge in [-0.1, -0.05) is 35.9 Å². The standard InChI is InChI=1S/C23H28ClN5O3S/c24-21-6-2-1-5-17(21)13-23(30)28-19-7-8-20(22(14-19)33(26,31)32)18(15-25)16-27-9-12-29-10-3-4-11-29/h1-2,5-8,14-16H,3-4,9-13,25H2,(H,28,30)(H2,26,31,32). The molecule has 0 unspecified atom stereocenters. The van der Waals surface area contributed by atoms with Crippen LogP contribution in [0, 0.1) is 0 Å². The molecular weight excluding hydrogens is 462 g/mol. The number of halogens is 1. The Morgan fingerprint density at radius 1 is 1.18 bits per heavy atom. The first kappa shape index (κ1) is 24.9. The minimum atomic E-state index is -4.09. The average molecular weight is 490 g/mol. The second-order valence-corrected chi connectivity index (χ2v) is 9.72. The van der Waals surface area contributed by atoms with Crippen LogP contribution >= 0.6 is 11.6 Å². The van der Waals surface area contributed by atoms with E-state index in [1.807, 2.05) is 0 Å². The highest BCUT2D eigenvalue weighted by molar-refractivity contribution is 7.89. The summed E-state index contributed by atoms with van der Waals surface area (Å²) in [6.07, 6.45) is 5.30. The number of hydrogen-bond acceptors (Lipinski definition) is 6. The van der Waals surface area contributed by atoms with Crippen molar-refractivity contribution in [3.05, 3.63) is 64.8 Å². The Labute approximate surface area is 199 Å². The maximum Gasteiger partial charge on any atom is 0.238 e. The second-order valence-electron chi connectivity index (χ2n) is 7.78. The van der Waals surface area contributed by atoms with E-state index in [-0.39, 0.29) is 17.2 Å². The molecule has 8 nitrogen and oxygen atoms in total. The number of nitrogens with one attached hydrogen (secondary N) is 1. The maximum atomic E-state index is 12.4. The monoisotopic (exact) mass is 489 g/mol. The molecule has 3 rings (SSSR count). The molecule has 33 heavy (non-hydrogen) atoms. The van der Waals surface area contributed by atoms with Gasteiger partial charge in [-0.3, -0.25) is 9.79 Å². The van der Waals surface area contributed by atoms with Crippen LogP contribution < -0.4 is 16.2 Å². The summed E-state index contributed by atoms with van der Waals surface area (Å²) in [6.45, 7) is 3.58. The highest BCUT2D eigenvalue weighted by atomic mass is 35.5. The van der Waals surface area contributed by atoms with Crippen molar-refractivity contribution in [3.8, 4) is 0 Å². The lowest BCUT2D eigenvalue weighted by Crippen LogP contribution is -2.22. The lowest BCUT2D eigenvalue weighted by atomic mass is 10.1. The van der Waals surface area contributed by atoms with Crippen molar-refractivity contribution in [2.75, 3.05) is 31.5 Å². The van der Waals surface area contributed by atoms with Gasteiger partial charge in [0, 0.05) is 40.8 Å². The van der Waals surface area contributed by atoms with Crippen LogP contribution in [0.5, 0.6) is 0 Å². The zero-order chi connectivity index (χ0) is 23.8. The molecule has 1 aliphatic heterocycles. The SMILES string of the molecule is NC=C(C=NCCN1CCCC1)c1ccc(NC(=O)Cc2ccccc2Cl)cc1S(N)(=O)=O. The Balaban J connectivity index is 1.75. The molecule has 1 saturated heterocycles. The molecule has 2 aromatic rings. The van der Waals surface area contributed by atoms with Crippen LogP contribution in [-0.2, 0) is 21.2 Å². The Morgan fingerprint density at radius 2 is 1.91 bits per heavy atom. The van der Waals surface area contributed by atoms with Crippen LogP contribution in [0.15, 0.2) is 58.6 Å². The molecular formula is C23H28ClN5O3S. The number of anilines is 1. The van der Waals surface area contributed by atoms with E-state index in [2.05, 4.69) is 15.2 Å². The van der Waals surface area contributed by atoms with E-state index in [1.54, 1.807) is 42.6 Å². The number of nitrogens with two attached hydrogens (primary N) is 2. The van der Waals surface area contributed by atoms with Gasteiger partial charge in [-0.2, -0.15) is 0 Å². The van der Waals surface area contributed by atoms with Gasteiger partial charge in [-0.15, -0.1) is 0 Å². The van der Waals surface area contributed by atoms with E-state index >= 15 is 0 Å². The van der Waals surface area contributed by atoms with E-state index in [9.17, 15) is 13.2 Å². The van der Waals surface area contributed by atoms with Gasteiger partial charge < -0.3 is 16.0 Å². The molecule has 5 N–H and O–H groups in total. The second kappa shape index (κ2) is 11.4. The van der Waals surface area contributed by atoms with Crippen molar-refractivity contribution in [3.63, 3.8) is 0 Å². The third-order valence-corrected chi connectivity index (χ3v) is 6.67. The smallest absolute Gasteiger partial charge is 0.238 e. The normalized spacial score (nSPS) is 15.3. The fourth-order valence-electron chi connectivity index (χ4n) is 3.66. The number of hydrogen-bond donors (Lipinski definition) is 3. The number of carbonyl (C=O) groups is 1. The van der Waals surface area contributed by atoms with Gasteiger partial charge in [-0.05, 0) is 49.7 Å². The Morgan fingerprint density at radius 3 is 2.58 bits per heavy atom. The Kier molecular flexibility index (Phi) is 8.62. The molecule has 0 spiro atoms. The summed E-state index contributed by atoms with van der Waals surface area (Å²) in [7, 11) is -4.09. The first-order chi connectivity index (χ1) is 15.8. The van der Waals surface area contributed by atoms with E-state index in [0.29, 0.717) is 34.0 Å². The minimum Gasteiger partial charge on any atom is -0.404 e. The number of rotatable bonds is 9. The molecule has 1 amide bonds. The van der Waals surface area contributed by atoms with Crippen molar-refractivity contribution in [2.24, 2.45) is 15.9 Å². The fraction of sp³-hybridized carbons (Fsp3) is 0.304. The number of benzene rings is 2. The summed E-state index contributed by atoms with van der Waals surface area (Å²) < 4.78 is 24.6. The zero-order valence-corrected chi connectivity index (χ0v) is 19.8. The van der Waals surface area contributed by atoms with Crippen molar-refractivity contribution in [1.29, 1.82) is 0 Å². The highest BCUT2D eigenvalue weighted by Crippen LogP contribution is 2.25. The van der Waals surface area contributed by atoms with Crippen molar-refractivity contribution >= 4 is 45.0 Å². The molecule has 176 valence electrons. The van der Waals surface area contributed by atoms with Gasteiger partial charge in [0.25, 0.3) is 0 Å². The number of nitrogens with zero attached hydrogens (tertiary/aromatic N) is 2. The molecule has 1 aliphatic rings. The summed E-state index contributed by atoms with van der Waals surface area (Å²) in [5, 5.41) is 8.63. The number of allylic oxidation sites excluding steroid dienone is 1. The van der Waals surface area contributed by atoms with E-state index in [4.69, 9.17) is 22.5 Å². The van der Waals surface area contributed by atoms with Crippen LogP contribution in [0.2, 0.25) is 5.02 Å². The molecule has 0 bridgehead atoms. The van der Waals surface area contributed by atoms with Gasteiger partial charge in [0.1, 0.15) is 0 Å². The average Bonchev–Trinajstić information content (AvgIpc) is 3.29. The van der Waals surface area contributed by atoms with Crippen LogP contribution in [0.1, 0.15) is 24.0 Å². The van der Waals surface area contributed by atoms with Gasteiger partial charge in [0.2, 0.25) is 15.9 Å². The summed E-state index contributed by atoms with van der Waals surface area (Å²) in [5.74, 6) is -0.339. The predicted molar refractivity (Wildman–Crippen MR) is 133 cm³/mol. The van der Waals surface area contributed by atoms with Crippen LogP contribution in [0.25, 0.3) is 5.57 Å². The van der Waals surface area contributed by atoms with Gasteiger partial charge in [0.15, 0.2) is 0 Å². The van der Waals surface area contributed by atoms with Gasteiger partial charge >= 0.3 is 0 Å². The number of aliphatic imine (C=N–C) groups is 1. The minimum absolute atomic E-state index is 0.0454. The molecule has 0 aliphatic carbocycles. The largest absolute Gasteiger partial charge is 0.404 e. The van der Waals surface area contributed by atoms with Crippen LogP contribution in [-0.4, -0.2) is 51.6 Å². The number of likely N-dealkylation sites (tertiary alicyclic amines) is 1. The van der Waals surface area contributed by atoms with Crippen molar-refractivity contribution in [2.45, 2.75) is 24.2 Å². The lowest BCUT2D eigenvalue weighted by Gasteiger charge is -2.13. The van der Waals surface area contributed by atoms with E-state index in [0.717, 1.165) is 19.6 Å². The third-order valence-electron chi connectivity index (χ3n) is 5.35. The lowest BCUT2D eigenvalue weighted by molar-refractivity contribution is -0.115. The summed E-state index contributed by atoms with van der Waals surface area (Å²) >= 11 is 6.11. The molecule has 0 atom stereocenters. The van der Waals surface area contributed by atoms with E-state index < -0.39 is 10.0 Å². The number of carbonyl (C=O) groups excluding carboxylic acids is 1. The molecule has 0 radical (unpaired) electrons. The molecule has 2 aromatic carbocycles. The number of primary sulfonamides is 1. The number of sulfonamides is 1. The Hall–Kier alpha value is -2.72. The van der Waals surface area contributed by atoms with Crippen LogP contribution in [0.4, 0.5) is 5.69 Å². The summed E-state index contributed by atoms with van der Waals surface area (Å²) in [4.78, 5) is 19.0. The fourth-order valence-corrected chi connectivity index (χ4v) is 4.65. The highest BCUT2D eigenvalue weighted by Gasteiger charge is 2.18. The Bertz CT molecular complexity index is 1160. The molecule has 1 fully saturated rings. The molecule has 10 heteroatoms. The molecule has 1 heterocycles. The maximum absolute atomic E-state index is 12.4. The first-order valence-electron chi connectivity index (χ1n) is 10.6. The number of amides is 1. The predicted octanol–water partition coefficient (Wildman–Crippen LogP) is 2.63. The topological polar surface area (TPSA) is 131 Å². The molecule has 0 saturated carbocycles. The van der Waals surface area contributed by atoms with Crippen LogP contribution in [0.3, 0.4) is 0 Å². The summed E-state index contributed by atoms with van der Waals surface area (Å²) in [5.41, 5.74) is 7.46. The third kappa shape index (κ3) is 7.13. The van der Waals surface area contributed by atoms with E-state index in [1.165, 1.54) is 25.1 Å².